The summed E-state index contributed by atoms with van der Waals surface area (Å²) in [4.78, 5) is 16.0. The average molecular weight is 526 g/mol. The Bertz CT molecular complexity index is 869. The van der Waals surface area contributed by atoms with E-state index in [9.17, 15) is 25.2 Å². The molecule has 4 unspecified atom stereocenters. The molecule has 12 N–H and O–H groups in total. The predicted molar refractivity (Wildman–Crippen MR) is 138 cm³/mol. The number of rotatable bonds is 14. The topological polar surface area (TPSA) is 217 Å². The van der Waals surface area contributed by atoms with Gasteiger partial charge in [0.2, 0.25) is 0 Å². The normalized spacial score (nSPS) is 30.1. The molecule has 7 atom stereocenters. The minimum Gasteiger partial charge on any atom is -0.480 e. The summed E-state index contributed by atoms with van der Waals surface area (Å²) in [6.45, 7) is 3.69. The number of nitrogens with zero attached hydrogens (tertiary/aromatic N) is 1. The number of piperidine rings is 1. The van der Waals surface area contributed by atoms with Crippen molar-refractivity contribution in [3.63, 3.8) is 0 Å². The van der Waals surface area contributed by atoms with Gasteiger partial charge in [-0.05, 0) is 50.2 Å². The van der Waals surface area contributed by atoms with Crippen LogP contribution in [-0.4, -0.2) is 94.6 Å². The molecule has 3 rings (SSSR count). The number of guanidine groups is 1. The van der Waals surface area contributed by atoms with Crippen molar-refractivity contribution in [2.45, 2.75) is 76.3 Å². The van der Waals surface area contributed by atoms with Gasteiger partial charge in [-0.1, -0.05) is 13.0 Å². The Hall–Kier alpha value is -2.26. The van der Waals surface area contributed by atoms with E-state index in [0.717, 1.165) is 31.6 Å². The maximum Gasteiger partial charge on any atom is 0.320 e. The Morgan fingerprint density at radius 1 is 1.30 bits per heavy atom. The van der Waals surface area contributed by atoms with E-state index >= 15 is 0 Å². The molecular formula is C24H43N7O6. The molecule has 0 aromatic heterocycles. The van der Waals surface area contributed by atoms with E-state index in [4.69, 9.17) is 10.8 Å². The molecule has 2 heterocycles. The van der Waals surface area contributed by atoms with Crippen molar-refractivity contribution < 1.29 is 30.3 Å². The van der Waals surface area contributed by atoms with Gasteiger partial charge in [0.25, 0.3) is 0 Å². The molecule has 13 nitrogen and oxygen atoms in total. The highest BCUT2D eigenvalue weighted by Crippen LogP contribution is 2.37. The number of nitrogens with two attached hydrogens (primary N) is 1. The summed E-state index contributed by atoms with van der Waals surface area (Å²) in [5.74, 6) is -0.940. The second kappa shape index (κ2) is 13.5. The SMILES string of the molecule is CCC1(CNC2=CC=C(C(O)N[C@@H](CC[C@@H](O)NCCO)C(=O)O)CC2)CN[C@H]2N=C(N)NC(O)C2C1. The summed E-state index contributed by atoms with van der Waals surface area (Å²) in [7, 11) is 0. The molecule has 0 spiro atoms. The number of nitrogens with one attached hydrogen (secondary N) is 5. The summed E-state index contributed by atoms with van der Waals surface area (Å²) in [6.07, 6.45) is 3.95. The zero-order chi connectivity index (χ0) is 27.0. The monoisotopic (exact) mass is 525 g/mol. The van der Waals surface area contributed by atoms with E-state index < -0.39 is 30.7 Å². The van der Waals surface area contributed by atoms with Gasteiger partial charge in [-0.3, -0.25) is 20.7 Å². The number of hydrogen-bond donors (Lipinski definition) is 11. The number of fused-ring (bicyclic) bond motifs is 1. The maximum atomic E-state index is 11.6. The molecule has 1 aliphatic carbocycles. The van der Waals surface area contributed by atoms with Crippen LogP contribution in [0.4, 0.5) is 0 Å². The number of aliphatic imine (C=N–C) groups is 1. The molecule has 0 radical (unpaired) electrons. The van der Waals surface area contributed by atoms with E-state index in [1.54, 1.807) is 6.08 Å². The first-order valence-electron chi connectivity index (χ1n) is 13.0. The second-order valence-electron chi connectivity index (χ2n) is 10.2. The van der Waals surface area contributed by atoms with Gasteiger partial charge in [-0.25, -0.2) is 4.99 Å². The lowest BCUT2D eigenvalue weighted by Crippen LogP contribution is -2.62. The third-order valence-corrected chi connectivity index (χ3v) is 7.59. The van der Waals surface area contributed by atoms with Crippen LogP contribution < -0.4 is 32.3 Å². The van der Waals surface area contributed by atoms with Crippen molar-refractivity contribution in [3.8, 4) is 0 Å². The fraction of sp³-hybridized carbons (Fsp3) is 0.750. The third-order valence-electron chi connectivity index (χ3n) is 7.59. The van der Waals surface area contributed by atoms with Gasteiger partial charge in [0.1, 0.15) is 30.9 Å². The van der Waals surface area contributed by atoms with E-state index in [2.05, 4.69) is 38.5 Å². The first-order valence-corrected chi connectivity index (χ1v) is 13.0. The number of carboxylic acids is 1. The van der Waals surface area contributed by atoms with Gasteiger partial charge in [0.05, 0.1) is 6.61 Å². The molecule has 0 amide bonds. The Morgan fingerprint density at radius 3 is 2.73 bits per heavy atom. The van der Waals surface area contributed by atoms with Crippen LogP contribution in [0.1, 0.15) is 45.4 Å². The molecule has 0 saturated carbocycles. The van der Waals surface area contributed by atoms with E-state index in [-0.39, 0.29) is 49.5 Å². The largest absolute Gasteiger partial charge is 0.480 e. The van der Waals surface area contributed by atoms with E-state index in [1.165, 1.54) is 0 Å². The summed E-state index contributed by atoms with van der Waals surface area (Å²) >= 11 is 0. The molecule has 0 bridgehead atoms. The van der Waals surface area contributed by atoms with Crippen LogP contribution in [0, 0.1) is 11.3 Å². The first kappa shape index (κ1) is 29.3. The molecule has 3 aliphatic rings. The van der Waals surface area contributed by atoms with Crippen LogP contribution in [0.2, 0.25) is 0 Å². The van der Waals surface area contributed by atoms with Gasteiger partial charge in [-0.2, -0.15) is 0 Å². The van der Waals surface area contributed by atoms with Crippen molar-refractivity contribution in [1.82, 2.24) is 26.6 Å². The highest BCUT2D eigenvalue weighted by atomic mass is 16.4. The van der Waals surface area contributed by atoms with Crippen LogP contribution in [0.25, 0.3) is 0 Å². The van der Waals surface area contributed by atoms with E-state index in [0.29, 0.717) is 18.4 Å². The van der Waals surface area contributed by atoms with Crippen LogP contribution in [0.5, 0.6) is 0 Å². The lowest BCUT2D eigenvalue weighted by Gasteiger charge is -2.47. The van der Waals surface area contributed by atoms with Crippen LogP contribution in [0.15, 0.2) is 28.4 Å². The van der Waals surface area contributed by atoms with Crippen LogP contribution in [-0.2, 0) is 4.79 Å². The zero-order valence-corrected chi connectivity index (χ0v) is 21.4. The molecule has 37 heavy (non-hydrogen) atoms. The Labute approximate surface area is 217 Å². The highest BCUT2D eigenvalue weighted by molar-refractivity contribution is 5.78. The van der Waals surface area contributed by atoms with Crippen molar-refractivity contribution in [2.24, 2.45) is 22.1 Å². The minimum absolute atomic E-state index is 0.0668. The third kappa shape index (κ3) is 8.11. The van der Waals surface area contributed by atoms with Gasteiger partial charge >= 0.3 is 5.97 Å². The van der Waals surface area contributed by atoms with E-state index in [1.807, 2.05) is 6.08 Å². The van der Waals surface area contributed by atoms with Crippen molar-refractivity contribution in [1.29, 1.82) is 0 Å². The molecule has 0 aromatic carbocycles. The lowest BCUT2D eigenvalue weighted by atomic mass is 9.72. The van der Waals surface area contributed by atoms with Crippen molar-refractivity contribution >= 4 is 11.9 Å². The molecule has 0 aromatic rings. The molecule has 13 heteroatoms. The predicted octanol–water partition coefficient (Wildman–Crippen LogP) is -2.21. The minimum atomic E-state index is -1.11. The van der Waals surface area contributed by atoms with Gasteiger partial charge in [0.15, 0.2) is 5.96 Å². The highest BCUT2D eigenvalue weighted by Gasteiger charge is 2.44. The van der Waals surface area contributed by atoms with Crippen molar-refractivity contribution in [2.75, 3.05) is 26.2 Å². The Balaban J connectivity index is 1.52. The standard InChI is InChI=1S/C24H43N7O6/c1-2-24(11-16-19(28-13-24)30-23(25)31-21(16)35)12-27-15-5-3-14(4-6-15)20(34)29-17(22(36)37)7-8-18(33)26-9-10-32/h3,5,16-21,26-29,32-35H,2,4,6-13H2,1H3,(H,36,37)(H3,25,30,31)/t16?,17-,18+,19-,20?,21?,24?/m0/s1. The Kier molecular flexibility index (Phi) is 10.7. The summed E-state index contributed by atoms with van der Waals surface area (Å²) in [6, 6.07) is -1.03. The smallest absolute Gasteiger partial charge is 0.320 e. The number of carboxylic acid groups (broad SMARTS) is 1. The number of aliphatic hydroxyl groups excluding tert-OH is 4. The summed E-state index contributed by atoms with van der Waals surface area (Å²) in [5, 5.41) is 64.4. The fourth-order valence-electron chi connectivity index (χ4n) is 5.12. The molecule has 1 fully saturated rings. The summed E-state index contributed by atoms with van der Waals surface area (Å²) in [5.41, 5.74) is 7.40. The maximum absolute atomic E-state index is 11.6. The average Bonchev–Trinajstić information content (AvgIpc) is 2.88. The number of hydrogen-bond acceptors (Lipinski definition) is 12. The molecule has 2 aliphatic heterocycles. The lowest BCUT2D eigenvalue weighted by molar-refractivity contribution is -0.140. The van der Waals surface area contributed by atoms with Gasteiger partial charge < -0.3 is 41.9 Å². The van der Waals surface area contributed by atoms with Crippen LogP contribution >= 0.6 is 0 Å². The van der Waals surface area contributed by atoms with Gasteiger partial charge in [0, 0.05) is 36.7 Å². The fourth-order valence-corrected chi connectivity index (χ4v) is 5.12. The quantitative estimate of drug-likeness (QED) is 0.109. The number of allylic oxidation sites excluding steroid dienone is 3. The second-order valence-corrected chi connectivity index (χ2v) is 10.2. The number of carbonyl (C=O) groups is 1. The zero-order valence-electron chi connectivity index (χ0n) is 21.4. The van der Waals surface area contributed by atoms with Crippen molar-refractivity contribution in [3.05, 3.63) is 23.4 Å². The molecule has 210 valence electrons. The molecular weight excluding hydrogens is 482 g/mol. The summed E-state index contributed by atoms with van der Waals surface area (Å²) < 4.78 is 0. The first-order chi connectivity index (χ1) is 17.7. The molecule has 1 saturated heterocycles. The van der Waals surface area contributed by atoms with Gasteiger partial charge in [-0.15, -0.1) is 0 Å². The van der Waals surface area contributed by atoms with Crippen LogP contribution in [0.3, 0.4) is 0 Å². The Morgan fingerprint density at radius 2 is 2.08 bits per heavy atom. The number of aliphatic carboxylic acids is 1. The number of aliphatic hydroxyl groups is 4.